The summed E-state index contributed by atoms with van der Waals surface area (Å²) < 4.78 is 1.70. The molecule has 1 heterocycles. The van der Waals surface area contributed by atoms with E-state index in [9.17, 15) is 0 Å². The van der Waals surface area contributed by atoms with E-state index in [-0.39, 0.29) is 6.04 Å². The Kier molecular flexibility index (Phi) is 4.17. The Morgan fingerprint density at radius 1 is 1.53 bits per heavy atom. The van der Waals surface area contributed by atoms with Gasteiger partial charge in [-0.25, -0.2) is 0 Å². The van der Waals surface area contributed by atoms with E-state index in [0.29, 0.717) is 11.1 Å². The van der Waals surface area contributed by atoms with Crippen LogP contribution in [0, 0.1) is 12.8 Å². The smallest absolute Gasteiger partial charge is 0.130 e. The molecule has 0 radical (unpaired) electrons. The Morgan fingerprint density at radius 2 is 2.13 bits per heavy atom. The summed E-state index contributed by atoms with van der Waals surface area (Å²) >= 11 is 6.15. The third-order valence-electron chi connectivity index (χ3n) is 3.08. The largest absolute Gasteiger partial charge is 0.327 e. The van der Waals surface area contributed by atoms with Gasteiger partial charge in [-0.05, 0) is 19.3 Å². The van der Waals surface area contributed by atoms with Crippen molar-refractivity contribution in [3.05, 3.63) is 16.4 Å². The molecule has 15 heavy (non-hydrogen) atoms. The van der Waals surface area contributed by atoms with Crippen molar-refractivity contribution >= 4 is 11.6 Å². The number of nitrogens with zero attached hydrogens (tertiary/aromatic N) is 2. The number of hydrogen-bond acceptors (Lipinski definition) is 2. The van der Waals surface area contributed by atoms with E-state index in [1.807, 2.05) is 14.0 Å². The lowest BCUT2D eigenvalue weighted by atomic mass is 9.94. The summed E-state index contributed by atoms with van der Waals surface area (Å²) in [5, 5.41) is 4.99. The van der Waals surface area contributed by atoms with Gasteiger partial charge in [0.05, 0.1) is 5.69 Å². The summed E-state index contributed by atoms with van der Waals surface area (Å²) in [7, 11) is 1.85. The average molecular weight is 230 g/mol. The lowest BCUT2D eigenvalue weighted by molar-refractivity contribution is 0.440. The fourth-order valence-electron chi connectivity index (χ4n) is 1.65. The topological polar surface area (TPSA) is 43.8 Å². The van der Waals surface area contributed by atoms with Crippen LogP contribution in [0.25, 0.3) is 0 Å². The number of rotatable bonds is 4. The van der Waals surface area contributed by atoms with Crippen molar-refractivity contribution in [3.63, 3.8) is 0 Å². The van der Waals surface area contributed by atoms with Crippen LogP contribution in [0.2, 0.25) is 5.15 Å². The highest BCUT2D eigenvalue weighted by atomic mass is 35.5. The Balaban J connectivity index is 2.80. The number of aromatic nitrogens is 2. The molecule has 0 fully saturated rings. The minimum Gasteiger partial charge on any atom is -0.327 e. The van der Waals surface area contributed by atoms with Crippen molar-refractivity contribution in [2.24, 2.45) is 18.7 Å². The lowest BCUT2D eigenvalue weighted by Gasteiger charge is -2.17. The van der Waals surface area contributed by atoms with Gasteiger partial charge < -0.3 is 5.73 Å². The molecule has 0 aromatic carbocycles. The van der Waals surface area contributed by atoms with Crippen LogP contribution >= 0.6 is 11.6 Å². The number of halogens is 1. The molecule has 2 atom stereocenters. The minimum atomic E-state index is 0.162. The summed E-state index contributed by atoms with van der Waals surface area (Å²) in [6.07, 6.45) is 1.91. The van der Waals surface area contributed by atoms with E-state index in [2.05, 4.69) is 18.9 Å². The highest BCUT2D eigenvalue weighted by Gasteiger charge is 2.17. The van der Waals surface area contributed by atoms with Crippen LogP contribution in [0.1, 0.15) is 31.5 Å². The van der Waals surface area contributed by atoms with E-state index in [0.717, 1.165) is 24.1 Å². The first kappa shape index (κ1) is 12.5. The standard InChI is InChI=1S/C11H20ClN3/c1-5-7(2)10(13)6-9-8(3)14-15(4)11(9)12/h7,10H,5-6,13H2,1-4H3. The summed E-state index contributed by atoms with van der Waals surface area (Å²) in [4.78, 5) is 0. The predicted octanol–water partition coefficient (Wildman–Crippen LogP) is 2.30. The van der Waals surface area contributed by atoms with Gasteiger partial charge in [-0.15, -0.1) is 0 Å². The van der Waals surface area contributed by atoms with Crippen LogP contribution in [0.5, 0.6) is 0 Å². The molecule has 0 saturated carbocycles. The van der Waals surface area contributed by atoms with E-state index in [4.69, 9.17) is 17.3 Å². The van der Waals surface area contributed by atoms with E-state index >= 15 is 0 Å². The zero-order valence-electron chi connectivity index (χ0n) is 9.92. The summed E-state index contributed by atoms with van der Waals surface area (Å²) in [5.74, 6) is 0.515. The van der Waals surface area contributed by atoms with Crippen LogP contribution < -0.4 is 5.73 Å². The van der Waals surface area contributed by atoms with Gasteiger partial charge in [0.1, 0.15) is 5.15 Å². The minimum absolute atomic E-state index is 0.162. The third-order valence-corrected chi connectivity index (χ3v) is 3.56. The monoisotopic (exact) mass is 229 g/mol. The first-order valence-corrected chi connectivity index (χ1v) is 5.78. The van der Waals surface area contributed by atoms with Crippen molar-refractivity contribution in [3.8, 4) is 0 Å². The highest BCUT2D eigenvalue weighted by molar-refractivity contribution is 6.30. The second-order valence-corrected chi connectivity index (χ2v) is 4.59. The first-order valence-electron chi connectivity index (χ1n) is 5.40. The van der Waals surface area contributed by atoms with E-state index < -0.39 is 0 Å². The highest BCUT2D eigenvalue weighted by Crippen LogP contribution is 2.22. The van der Waals surface area contributed by atoms with Gasteiger partial charge in [-0.1, -0.05) is 31.9 Å². The molecule has 0 saturated heterocycles. The molecule has 1 rings (SSSR count). The van der Waals surface area contributed by atoms with Crippen LogP contribution in [0.15, 0.2) is 0 Å². The van der Waals surface area contributed by atoms with Crippen molar-refractivity contribution in [2.75, 3.05) is 0 Å². The maximum absolute atomic E-state index is 6.15. The van der Waals surface area contributed by atoms with Crippen LogP contribution in [-0.4, -0.2) is 15.8 Å². The summed E-state index contributed by atoms with van der Waals surface area (Å²) in [5.41, 5.74) is 8.19. The lowest BCUT2D eigenvalue weighted by Crippen LogP contribution is -2.30. The van der Waals surface area contributed by atoms with Gasteiger partial charge >= 0.3 is 0 Å². The summed E-state index contributed by atoms with van der Waals surface area (Å²) in [6, 6.07) is 0.162. The maximum Gasteiger partial charge on any atom is 0.130 e. The molecule has 2 unspecified atom stereocenters. The van der Waals surface area contributed by atoms with E-state index in [1.165, 1.54) is 0 Å². The number of hydrogen-bond donors (Lipinski definition) is 1. The van der Waals surface area contributed by atoms with Gasteiger partial charge in [0.2, 0.25) is 0 Å². The van der Waals surface area contributed by atoms with Crippen molar-refractivity contribution < 1.29 is 0 Å². The molecule has 4 heteroatoms. The van der Waals surface area contributed by atoms with Crippen LogP contribution in [0.3, 0.4) is 0 Å². The molecule has 0 amide bonds. The molecule has 2 N–H and O–H groups in total. The quantitative estimate of drug-likeness (QED) is 0.861. The Morgan fingerprint density at radius 3 is 2.53 bits per heavy atom. The van der Waals surface area contributed by atoms with Crippen molar-refractivity contribution in [1.29, 1.82) is 0 Å². The van der Waals surface area contributed by atoms with E-state index in [1.54, 1.807) is 4.68 Å². The van der Waals surface area contributed by atoms with Crippen molar-refractivity contribution in [1.82, 2.24) is 9.78 Å². The molecular weight excluding hydrogens is 210 g/mol. The molecular formula is C11H20ClN3. The molecule has 0 bridgehead atoms. The first-order chi connectivity index (χ1) is 6.97. The van der Waals surface area contributed by atoms with Crippen LogP contribution in [-0.2, 0) is 13.5 Å². The Labute approximate surface area is 96.6 Å². The third kappa shape index (κ3) is 2.73. The average Bonchev–Trinajstić information content (AvgIpc) is 2.43. The molecule has 0 aliphatic rings. The van der Waals surface area contributed by atoms with Crippen LogP contribution in [0.4, 0.5) is 0 Å². The van der Waals surface area contributed by atoms with Crippen molar-refractivity contribution in [2.45, 2.75) is 39.7 Å². The predicted molar refractivity (Wildman–Crippen MR) is 64.1 cm³/mol. The molecule has 1 aromatic rings. The molecule has 1 aromatic heterocycles. The zero-order chi connectivity index (χ0) is 11.6. The normalized spacial score (nSPS) is 15.3. The zero-order valence-corrected chi connectivity index (χ0v) is 10.7. The van der Waals surface area contributed by atoms with Gasteiger partial charge in [0.15, 0.2) is 0 Å². The van der Waals surface area contributed by atoms with Gasteiger partial charge in [-0.3, -0.25) is 4.68 Å². The maximum atomic E-state index is 6.15. The van der Waals surface area contributed by atoms with Gasteiger partial charge in [0.25, 0.3) is 0 Å². The van der Waals surface area contributed by atoms with Gasteiger partial charge in [0, 0.05) is 18.7 Å². The summed E-state index contributed by atoms with van der Waals surface area (Å²) in [6.45, 7) is 6.30. The fourth-order valence-corrected chi connectivity index (χ4v) is 1.90. The number of nitrogens with two attached hydrogens (primary N) is 1. The molecule has 0 aliphatic heterocycles. The van der Waals surface area contributed by atoms with Gasteiger partial charge in [-0.2, -0.15) is 5.10 Å². The Bertz CT molecular complexity index is 333. The second kappa shape index (κ2) is 4.99. The molecule has 3 nitrogen and oxygen atoms in total. The molecule has 0 spiro atoms. The fraction of sp³-hybridized carbons (Fsp3) is 0.727. The SMILES string of the molecule is CCC(C)C(N)Cc1c(C)nn(C)c1Cl. The number of aryl methyl sites for hydroxylation is 2. The molecule has 86 valence electrons. The molecule has 0 aliphatic carbocycles. The Hall–Kier alpha value is -0.540. The second-order valence-electron chi connectivity index (χ2n) is 4.23.